The third-order valence-corrected chi connectivity index (χ3v) is 2.00. The number of rotatable bonds is 1. The van der Waals surface area contributed by atoms with Gasteiger partial charge in [-0.1, -0.05) is 43.0 Å². The summed E-state index contributed by atoms with van der Waals surface area (Å²) in [6.07, 6.45) is 4.00. The largest absolute Gasteiger partial charge is 0.0988 e. The van der Waals surface area contributed by atoms with Gasteiger partial charge in [-0.2, -0.15) is 0 Å². The van der Waals surface area contributed by atoms with E-state index in [1.807, 2.05) is 6.08 Å². The number of hydrogen-bond acceptors (Lipinski definition) is 0. The van der Waals surface area contributed by atoms with Gasteiger partial charge < -0.3 is 0 Å². The van der Waals surface area contributed by atoms with Crippen LogP contribution in [-0.2, 0) is 0 Å². The Kier molecular flexibility index (Phi) is 2.87. The molecule has 62 valence electrons. The van der Waals surface area contributed by atoms with E-state index in [0.717, 1.165) is 0 Å². The van der Waals surface area contributed by atoms with Gasteiger partial charge in [-0.25, -0.2) is 0 Å². The third kappa shape index (κ3) is 1.65. The Morgan fingerprint density at radius 3 is 2.58 bits per heavy atom. The zero-order valence-electron chi connectivity index (χ0n) is 7.67. The van der Waals surface area contributed by atoms with Crippen LogP contribution in [0.15, 0.2) is 36.9 Å². The standard InChI is InChI=1S/C12H14/c1-4-10(3)12-9-7-6-8-11(12)5-2/h4-9H,1H2,2-3H3/b11-5-,12-10-. The first kappa shape index (κ1) is 8.79. The molecule has 1 aromatic carbocycles. The fourth-order valence-electron chi connectivity index (χ4n) is 1.22. The molecule has 0 heterocycles. The molecule has 0 aromatic heterocycles. The highest BCUT2D eigenvalue weighted by atomic mass is 13.9. The molecule has 0 aliphatic heterocycles. The Morgan fingerprint density at radius 1 is 1.33 bits per heavy atom. The van der Waals surface area contributed by atoms with Gasteiger partial charge in [-0.15, -0.1) is 0 Å². The molecule has 0 aliphatic carbocycles. The van der Waals surface area contributed by atoms with Gasteiger partial charge in [-0.3, -0.25) is 0 Å². The quantitative estimate of drug-likeness (QED) is 0.585. The summed E-state index contributed by atoms with van der Waals surface area (Å²) >= 11 is 0. The molecule has 0 radical (unpaired) electrons. The second kappa shape index (κ2) is 3.91. The van der Waals surface area contributed by atoms with Gasteiger partial charge in [0.1, 0.15) is 0 Å². The lowest BCUT2D eigenvalue weighted by atomic mass is 10.1. The zero-order valence-corrected chi connectivity index (χ0v) is 7.67. The number of allylic oxidation sites excluding steroid dienone is 1. The Hall–Kier alpha value is -1.30. The summed E-state index contributed by atoms with van der Waals surface area (Å²) in [6, 6.07) is 8.33. The van der Waals surface area contributed by atoms with Crippen molar-refractivity contribution in [2.45, 2.75) is 13.8 Å². The van der Waals surface area contributed by atoms with Crippen LogP contribution in [-0.4, -0.2) is 0 Å². The lowest BCUT2D eigenvalue weighted by molar-refractivity contribution is 1.47. The first-order chi connectivity index (χ1) is 5.79. The van der Waals surface area contributed by atoms with Gasteiger partial charge in [0.25, 0.3) is 0 Å². The predicted octanol–water partition coefficient (Wildman–Crippen LogP) is 1.84. The summed E-state index contributed by atoms with van der Waals surface area (Å²) in [6.45, 7) is 7.89. The van der Waals surface area contributed by atoms with E-state index in [0.29, 0.717) is 0 Å². The zero-order chi connectivity index (χ0) is 8.97. The van der Waals surface area contributed by atoms with E-state index in [4.69, 9.17) is 0 Å². The lowest BCUT2D eigenvalue weighted by Crippen LogP contribution is -2.24. The molecule has 12 heavy (non-hydrogen) atoms. The molecular weight excluding hydrogens is 144 g/mol. The Morgan fingerprint density at radius 2 is 2.00 bits per heavy atom. The molecule has 0 heteroatoms. The van der Waals surface area contributed by atoms with Gasteiger partial charge in [0.15, 0.2) is 0 Å². The Labute approximate surface area is 73.6 Å². The molecule has 0 fully saturated rings. The summed E-state index contributed by atoms with van der Waals surface area (Å²) in [5.74, 6) is 0. The Balaban J connectivity index is 3.65. The summed E-state index contributed by atoms with van der Waals surface area (Å²) in [5.41, 5.74) is 1.23. The highest BCUT2D eigenvalue weighted by Crippen LogP contribution is 1.87. The molecule has 0 saturated carbocycles. The molecule has 0 bridgehead atoms. The van der Waals surface area contributed by atoms with Crippen LogP contribution in [0.1, 0.15) is 13.8 Å². The van der Waals surface area contributed by atoms with Gasteiger partial charge in [-0.05, 0) is 29.9 Å². The highest BCUT2D eigenvalue weighted by molar-refractivity contribution is 5.53. The monoisotopic (exact) mass is 158 g/mol. The van der Waals surface area contributed by atoms with Crippen molar-refractivity contribution in [1.29, 1.82) is 0 Å². The van der Waals surface area contributed by atoms with Crippen molar-refractivity contribution < 1.29 is 0 Å². The summed E-state index contributed by atoms with van der Waals surface area (Å²) in [5, 5.41) is 2.55. The van der Waals surface area contributed by atoms with Crippen LogP contribution in [0, 0.1) is 0 Å². The minimum Gasteiger partial charge on any atom is -0.0988 e. The van der Waals surface area contributed by atoms with Crippen molar-refractivity contribution in [3.8, 4) is 0 Å². The van der Waals surface area contributed by atoms with Crippen molar-refractivity contribution >= 4 is 11.6 Å². The van der Waals surface area contributed by atoms with Gasteiger partial charge >= 0.3 is 0 Å². The maximum absolute atomic E-state index is 3.76. The molecular formula is C12H14. The van der Waals surface area contributed by atoms with Crippen LogP contribution in [0.25, 0.3) is 11.6 Å². The number of benzene rings is 1. The van der Waals surface area contributed by atoms with Crippen LogP contribution in [0.4, 0.5) is 0 Å². The topological polar surface area (TPSA) is 0 Å². The third-order valence-electron chi connectivity index (χ3n) is 2.00. The molecule has 0 aliphatic rings. The van der Waals surface area contributed by atoms with E-state index in [-0.39, 0.29) is 0 Å². The maximum Gasteiger partial charge on any atom is -0.0158 e. The fourth-order valence-corrected chi connectivity index (χ4v) is 1.22. The smallest absolute Gasteiger partial charge is 0.0158 e. The second-order valence-corrected chi connectivity index (χ2v) is 2.76. The van der Waals surface area contributed by atoms with E-state index < -0.39 is 0 Å². The molecule has 0 N–H and O–H groups in total. The van der Waals surface area contributed by atoms with E-state index in [1.165, 1.54) is 16.0 Å². The SMILES string of the molecule is C=C/C(C)=c1/cccc/c1=C/C. The molecule has 0 unspecified atom stereocenters. The van der Waals surface area contributed by atoms with Crippen LogP contribution in [0.2, 0.25) is 0 Å². The average Bonchev–Trinajstić information content (AvgIpc) is 2.16. The lowest BCUT2D eigenvalue weighted by Gasteiger charge is -1.92. The molecule has 0 spiro atoms. The molecule has 1 rings (SSSR count). The maximum atomic E-state index is 3.76. The first-order valence-electron chi connectivity index (χ1n) is 4.14. The van der Waals surface area contributed by atoms with Gasteiger partial charge in [0.2, 0.25) is 0 Å². The van der Waals surface area contributed by atoms with E-state index >= 15 is 0 Å². The Bertz CT molecular complexity index is 383. The molecule has 0 saturated heterocycles. The van der Waals surface area contributed by atoms with E-state index in [1.54, 1.807) is 0 Å². The van der Waals surface area contributed by atoms with Crippen molar-refractivity contribution in [2.24, 2.45) is 0 Å². The van der Waals surface area contributed by atoms with Crippen LogP contribution < -0.4 is 10.4 Å². The van der Waals surface area contributed by atoms with E-state index in [9.17, 15) is 0 Å². The van der Waals surface area contributed by atoms with Crippen molar-refractivity contribution in [2.75, 3.05) is 0 Å². The van der Waals surface area contributed by atoms with E-state index in [2.05, 4.69) is 50.8 Å². The minimum atomic E-state index is 1.23. The molecule has 0 atom stereocenters. The predicted molar refractivity (Wildman–Crippen MR) is 55.1 cm³/mol. The van der Waals surface area contributed by atoms with Gasteiger partial charge in [0, 0.05) is 0 Å². The van der Waals surface area contributed by atoms with Crippen LogP contribution in [0.5, 0.6) is 0 Å². The highest BCUT2D eigenvalue weighted by Gasteiger charge is 1.85. The summed E-state index contributed by atoms with van der Waals surface area (Å²) in [7, 11) is 0. The minimum absolute atomic E-state index is 1.23. The van der Waals surface area contributed by atoms with Gasteiger partial charge in [0.05, 0.1) is 0 Å². The second-order valence-electron chi connectivity index (χ2n) is 2.76. The van der Waals surface area contributed by atoms with Crippen molar-refractivity contribution in [3.05, 3.63) is 47.4 Å². The average molecular weight is 158 g/mol. The normalized spacial score (nSPS) is 14.3. The molecule has 0 amide bonds. The summed E-state index contributed by atoms with van der Waals surface area (Å²) in [4.78, 5) is 0. The van der Waals surface area contributed by atoms with Crippen molar-refractivity contribution in [1.82, 2.24) is 0 Å². The summed E-state index contributed by atoms with van der Waals surface area (Å²) < 4.78 is 0. The molecule has 1 aromatic rings. The number of hydrogen-bond donors (Lipinski definition) is 0. The first-order valence-corrected chi connectivity index (χ1v) is 4.14. The van der Waals surface area contributed by atoms with Crippen LogP contribution >= 0.6 is 0 Å². The van der Waals surface area contributed by atoms with Crippen molar-refractivity contribution in [3.63, 3.8) is 0 Å². The molecule has 0 nitrogen and oxygen atoms in total. The van der Waals surface area contributed by atoms with Crippen LogP contribution in [0.3, 0.4) is 0 Å². The fraction of sp³-hybridized carbons (Fsp3) is 0.167.